The van der Waals surface area contributed by atoms with Gasteiger partial charge in [-0.1, -0.05) is 19.8 Å². The fourth-order valence-corrected chi connectivity index (χ4v) is 2.80. The molecule has 0 fully saturated rings. The molecular formula is C17H21F3O8S. The molecule has 0 aliphatic heterocycles. The number of carbonyl (C=O) groups excluding carboxylic acids is 2. The number of alkyl halides is 3. The number of ether oxygens (including phenoxy) is 3. The monoisotopic (exact) mass is 442 g/mol. The molecule has 0 radical (unpaired) electrons. The van der Waals surface area contributed by atoms with Gasteiger partial charge in [-0.25, -0.2) is 9.59 Å². The highest BCUT2D eigenvalue weighted by Gasteiger charge is 2.49. The normalized spacial score (nSPS) is 11.7. The second kappa shape index (κ2) is 9.81. The zero-order chi connectivity index (χ0) is 22.4. The van der Waals surface area contributed by atoms with Gasteiger partial charge < -0.3 is 18.4 Å². The first kappa shape index (κ1) is 24.5. The van der Waals surface area contributed by atoms with Crippen molar-refractivity contribution in [2.24, 2.45) is 0 Å². The number of unbranched alkanes of at least 4 members (excludes halogenated alkanes) is 2. The van der Waals surface area contributed by atoms with Gasteiger partial charge in [-0.3, -0.25) is 0 Å². The highest BCUT2D eigenvalue weighted by Crippen LogP contribution is 2.37. The van der Waals surface area contributed by atoms with Crippen molar-refractivity contribution in [3.8, 4) is 11.5 Å². The molecule has 0 atom stereocenters. The first-order chi connectivity index (χ1) is 13.4. The topological polar surface area (TPSA) is 105 Å². The molecule has 0 aromatic heterocycles. The van der Waals surface area contributed by atoms with E-state index in [1.807, 2.05) is 6.92 Å². The predicted molar refractivity (Wildman–Crippen MR) is 94.5 cm³/mol. The van der Waals surface area contributed by atoms with Gasteiger partial charge in [-0.15, -0.1) is 0 Å². The van der Waals surface area contributed by atoms with Gasteiger partial charge in [0.2, 0.25) is 0 Å². The summed E-state index contributed by atoms with van der Waals surface area (Å²) in [7, 11) is -4.03. The third-order valence-electron chi connectivity index (χ3n) is 3.77. The Morgan fingerprint density at radius 2 is 1.55 bits per heavy atom. The molecule has 0 heterocycles. The number of rotatable bonds is 9. The third kappa shape index (κ3) is 5.75. The molecule has 12 heteroatoms. The van der Waals surface area contributed by atoms with Crippen molar-refractivity contribution in [1.29, 1.82) is 0 Å². The average Bonchev–Trinajstić information content (AvgIpc) is 2.64. The molecule has 0 amide bonds. The lowest BCUT2D eigenvalue weighted by atomic mass is 9.99. The lowest BCUT2D eigenvalue weighted by Crippen LogP contribution is -2.28. The highest BCUT2D eigenvalue weighted by atomic mass is 32.2. The summed E-state index contributed by atoms with van der Waals surface area (Å²) >= 11 is 0. The molecule has 0 aliphatic carbocycles. The fourth-order valence-electron chi connectivity index (χ4n) is 2.30. The molecule has 0 saturated carbocycles. The maximum atomic E-state index is 12.7. The Kier molecular flexibility index (Phi) is 8.30. The van der Waals surface area contributed by atoms with Crippen LogP contribution in [0.1, 0.15) is 52.5 Å². The van der Waals surface area contributed by atoms with Crippen molar-refractivity contribution in [3.63, 3.8) is 0 Å². The van der Waals surface area contributed by atoms with Gasteiger partial charge in [0.25, 0.3) is 0 Å². The van der Waals surface area contributed by atoms with Crippen LogP contribution in [0.3, 0.4) is 0 Å². The zero-order valence-electron chi connectivity index (χ0n) is 16.2. The van der Waals surface area contributed by atoms with Crippen molar-refractivity contribution < 1.29 is 49.6 Å². The first-order valence-electron chi connectivity index (χ1n) is 8.39. The van der Waals surface area contributed by atoms with Crippen molar-refractivity contribution in [2.45, 2.75) is 38.6 Å². The van der Waals surface area contributed by atoms with Crippen LogP contribution in [0.25, 0.3) is 0 Å². The molecule has 0 saturated heterocycles. The second-order valence-corrected chi connectivity index (χ2v) is 7.31. The molecule has 0 unspecified atom stereocenters. The Morgan fingerprint density at radius 1 is 1.00 bits per heavy atom. The molecule has 8 nitrogen and oxygen atoms in total. The van der Waals surface area contributed by atoms with Crippen LogP contribution in [0.15, 0.2) is 6.07 Å². The number of halogens is 3. The standard InChI is InChI=1S/C17H21F3O8S/c1-5-6-7-8-27-12-9-11(28-29(23,24)17(18,19)20)10(2)13(15(21)25-3)14(12)16(22)26-4/h9H,5-8H2,1-4H3. The number of methoxy groups -OCH3 is 2. The summed E-state index contributed by atoms with van der Waals surface area (Å²) in [4.78, 5) is 24.4. The first-order valence-corrected chi connectivity index (χ1v) is 9.79. The van der Waals surface area contributed by atoms with Crippen LogP contribution in [-0.2, 0) is 19.6 Å². The maximum Gasteiger partial charge on any atom is 0.534 e. The van der Waals surface area contributed by atoms with E-state index in [2.05, 4.69) is 13.7 Å². The Morgan fingerprint density at radius 3 is 2.03 bits per heavy atom. The summed E-state index contributed by atoms with van der Waals surface area (Å²) in [6.45, 7) is 3.07. The number of hydrogen-bond acceptors (Lipinski definition) is 8. The highest BCUT2D eigenvalue weighted by molar-refractivity contribution is 7.88. The smallest absolute Gasteiger partial charge is 0.493 e. The molecule has 0 N–H and O–H groups in total. The fraction of sp³-hybridized carbons (Fsp3) is 0.529. The minimum Gasteiger partial charge on any atom is -0.493 e. The van der Waals surface area contributed by atoms with E-state index in [1.54, 1.807) is 0 Å². The van der Waals surface area contributed by atoms with Gasteiger partial charge in [-0.2, -0.15) is 21.6 Å². The Balaban J connectivity index is 3.66. The number of hydrogen-bond donors (Lipinski definition) is 0. The van der Waals surface area contributed by atoms with Crippen molar-refractivity contribution in [3.05, 3.63) is 22.8 Å². The van der Waals surface area contributed by atoms with Crippen molar-refractivity contribution in [2.75, 3.05) is 20.8 Å². The number of benzene rings is 1. The van der Waals surface area contributed by atoms with E-state index in [1.165, 1.54) is 0 Å². The number of carbonyl (C=O) groups is 2. The van der Waals surface area contributed by atoms with Crippen molar-refractivity contribution in [1.82, 2.24) is 0 Å². The van der Waals surface area contributed by atoms with E-state index in [0.29, 0.717) is 6.42 Å². The van der Waals surface area contributed by atoms with Gasteiger partial charge in [0.05, 0.1) is 26.4 Å². The Labute approximate surface area is 166 Å². The molecule has 164 valence electrons. The van der Waals surface area contributed by atoms with E-state index >= 15 is 0 Å². The third-order valence-corrected chi connectivity index (χ3v) is 4.74. The summed E-state index contributed by atoms with van der Waals surface area (Å²) in [5.74, 6) is -3.34. The minimum absolute atomic E-state index is 0.0486. The van der Waals surface area contributed by atoms with Gasteiger partial charge in [0.1, 0.15) is 17.1 Å². The van der Waals surface area contributed by atoms with Crippen LogP contribution in [0.4, 0.5) is 13.2 Å². The molecule has 0 spiro atoms. The summed E-state index contributed by atoms with van der Waals surface area (Å²) in [5, 5.41) is 0. The molecule has 0 aliphatic rings. The zero-order valence-corrected chi connectivity index (χ0v) is 17.0. The van der Waals surface area contributed by atoms with Gasteiger partial charge in [0.15, 0.2) is 0 Å². The predicted octanol–water partition coefficient (Wildman–Crippen LogP) is 3.37. The van der Waals surface area contributed by atoms with Crippen LogP contribution in [0.5, 0.6) is 11.5 Å². The number of esters is 2. The quantitative estimate of drug-likeness (QED) is 0.248. The summed E-state index contributed by atoms with van der Waals surface area (Å²) in [6, 6.07) is 0.795. The van der Waals surface area contributed by atoms with Crippen LogP contribution < -0.4 is 8.92 Å². The second-order valence-electron chi connectivity index (χ2n) is 5.77. The minimum atomic E-state index is -6.03. The Bertz CT molecular complexity index is 862. The molecule has 1 aromatic carbocycles. The molecule has 0 bridgehead atoms. The lowest BCUT2D eigenvalue weighted by molar-refractivity contribution is -0.0500. The van der Waals surface area contributed by atoms with Gasteiger partial charge in [0, 0.05) is 11.6 Å². The summed E-state index contributed by atoms with van der Waals surface area (Å²) in [5.41, 5.74) is -7.01. The van der Waals surface area contributed by atoms with Gasteiger partial charge in [-0.05, 0) is 13.3 Å². The lowest BCUT2D eigenvalue weighted by Gasteiger charge is -2.19. The van der Waals surface area contributed by atoms with Crippen LogP contribution in [0.2, 0.25) is 0 Å². The Hall–Kier alpha value is -2.50. The summed E-state index contributed by atoms with van der Waals surface area (Å²) < 4.78 is 79.8. The van der Waals surface area contributed by atoms with E-state index < -0.39 is 44.4 Å². The molecule has 1 aromatic rings. The van der Waals surface area contributed by atoms with E-state index in [4.69, 9.17) is 4.74 Å². The van der Waals surface area contributed by atoms with Crippen LogP contribution in [-0.4, -0.2) is 46.7 Å². The van der Waals surface area contributed by atoms with E-state index in [0.717, 1.165) is 40.1 Å². The maximum absolute atomic E-state index is 12.7. The molecule has 1 rings (SSSR count). The largest absolute Gasteiger partial charge is 0.534 e. The van der Waals surface area contributed by atoms with E-state index in [9.17, 15) is 31.2 Å². The SMILES string of the molecule is CCCCCOc1cc(OS(=O)(=O)C(F)(F)F)c(C)c(C(=O)OC)c1C(=O)OC. The van der Waals surface area contributed by atoms with Gasteiger partial charge >= 0.3 is 27.6 Å². The molecule has 29 heavy (non-hydrogen) atoms. The average molecular weight is 442 g/mol. The van der Waals surface area contributed by atoms with Crippen molar-refractivity contribution >= 4 is 22.1 Å². The summed E-state index contributed by atoms with van der Waals surface area (Å²) in [6.07, 6.45) is 2.14. The molecular weight excluding hydrogens is 421 g/mol. The van der Waals surface area contributed by atoms with Crippen LogP contribution in [0, 0.1) is 6.92 Å². The van der Waals surface area contributed by atoms with Crippen LogP contribution >= 0.6 is 0 Å². The van der Waals surface area contributed by atoms with E-state index in [-0.39, 0.29) is 17.9 Å².